The molecule has 0 radical (unpaired) electrons. The van der Waals surface area contributed by atoms with Crippen molar-refractivity contribution >= 4 is 11.0 Å². The van der Waals surface area contributed by atoms with Crippen LogP contribution in [0.1, 0.15) is 18.2 Å². The Labute approximate surface area is 106 Å². The predicted octanol–water partition coefficient (Wildman–Crippen LogP) is -1.48. The van der Waals surface area contributed by atoms with Gasteiger partial charge in [-0.15, -0.1) is 0 Å². The minimum Gasteiger partial charge on any atom is -0.492 e. The molecular weight excluding hydrogens is 254 g/mol. The van der Waals surface area contributed by atoms with Crippen LogP contribution >= 0.6 is 0 Å². The summed E-state index contributed by atoms with van der Waals surface area (Å²) in [6.07, 6.45) is -0.314. The highest BCUT2D eigenvalue weighted by Crippen LogP contribution is 2.32. The Kier molecular flexibility index (Phi) is 2.73. The quantitative estimate of drug-likeness (QED) is 0.386. The van der Waals surface area contributed by atoms with E-state index in [1.165, 1.54) is 0 Å². The molecule has 3 heterocycles. The van der Waals surface area contributed by atoms with Crippen LogP contribution in [0.25, 0.3) is 11.0 Å². The van der Waals surface area contributed by atoms with Gasteiger partial charge in [-0.2, -0.15) is 15.1 Å². The maximum absolute atomic E-state index is 9.75. The molecule has 0 unspecified atom stereocenters. The number of hydrogen-bond acceptors (Lipinski definition) is 8. The molecule has 0 saturated carbocycles. The fourth-order valence-corrected chi connectivity index (χ4v) is 2.35. The molecule has 9 nitrogen and oxygen atoms in total. The molecule has 1 aliphatic heterocycles. The van der Waals surface area contributed by atoms with Crippen molar-refractivity contribution in [3.8, 4) is 11.9 Å². The Balaban J connectivity index is 2.02. The minimum atomic E-state index is -0.683. The number of aliphatic hydroxyl groups excluding tert-OH is 2. The molecule has 0 aliphatic carbocycles. The van der Waals surface area contributed by atoms with E-state index in [1.807, 2.05) is 0 Å². The first-order valence-electron chi connectivity index (χ1n) is 5.79. The zero-order valence-corrected chi connectivity index (χ0v) is 9.78. The Hall–Kier alpha value is -1.97. The zero-order valence-electron chi connectivity index (χ0n) is 9.78. The van der Waals surface area contributed by atoms with Crippen LogP contribution in [0.2, 0.25) is 0 Å². The lowest BCUT2D eigenvalue weighted by Crippen LogP contribution is -2.34. The van der Waals surface area contributed by atoms with Gasteiger partial charge in [0.1, 0.15) is 5.52 Å². The van der Waals surface area contributed by atoms with Gasteiger partial charge in [-0.1, -0.05) is 0 Å². The van der Waals surface area contributed by atoms with Gasteiger partial charge in [0.05, 0.1) is 30.5 Å². The van der Waals surface area contributed by atoms with E-state index in [-0.39, 0.29) is 23.7 Å². The number of aromatic nitrogens is 4. The molecule has 9 heteroatoms. The first-order chi connectivity index (χ1) is 9.10. The van der Waals surface area contributed by atoms with Crippen molar-refractivity contribution in [3.63, 3.8) is 0 Å². The molecule has 2 aromatic heterocycles. The molecule has 6 N–H and O–H groups in total. The Morgan fingerprint density at radius 2 is 2.00 bits per heavy atom. The summed E-state index contributed by atoms with van der Waals surface area (Å²) in [5, 5.41) is 47.3. The van der Waals surface area contributed by atoms with Crippen LogP contribution in [0.5, 0.6) is 11.9 Å². The third kappa shape index (κ3) is 1.87. The molecule has 1 fully saturated rings. The number of aromatic hydroxyl groups is 2. The van der Waals surface area contributed by atoms with Crippen molar-refractivity contribution in [2.45, 2.75) is 24.6 Å². The molecule has 2 aromatic rings. The van der Waals surface area contributed by atoms with Crippen molar-refractivity contribution in [2.75, 3.05) is 6.61 Å². The number of nitrogens with zero attached hydrogens (tertiary/aromatic N) is 3. The third-order valence-corrected chi connectivity index (χ3v) is 3.30. The Morgan fingerprint density at radius 1 is 1.21 bits per heavy atom. The Morgan fingerprint density at radius 3 is 2.68 bits per heavy atom. The van der Waals surface area contributed by atoms with Gasteiger partial charge in [-0.25, -0.2) is 0 Å². The molecule has 3 atom stereocenters. The number of hydrogen-bond donors (Lipinski definition) is 6. The molecule has 0 spiro atoms. The molecule has 3 rings (SSSR count). The number of aromatic amines is 1. The molecular formula is C10H13N5O4. The average Bonchev–Trinajstić information content (AvgIpc) is 2.92. The third-order valence-electron chi connectivity index (χ3n) is 3.30. The van der Waals surface area contributed by atoms with Gasteiger partial charge in [0, 0.05) is 0 Å². The van der Waals surface area contributed by atoms with Crippen LogP contribution in [0.3, 0.4) is 0 Å². The second-order valence-corrected chi connectivity index (χ2v) is 4.49. The van der Waals surface area contributed by atoms with E-state index in [0.717, 1.165) is 0 Å². The smallest absolute Gasteiger partial charge is 0.317 e. The van der Waals surface area contributed by atoms with E-state index < -0.39 is 24.0 Å². The summed E-state index contributed by atoms with van der Waals surface area (Å²) in [7, 11) is 0. The van der Waals surface area contributed by atoms with E-state index in [2.05, 4.69) is 25.5 Å². The van der Waals surface area contributed by atoms with Crippen LogP contribution in [0, 0.1) is 0 Å². The summed E-state index contributed by atoms with van der Waals surface area (Å²) in [6.45, 7) is -0.185. The highest BCUT2D eigenvalue weighted by atomic mass is 16.3. The largest absolute Gasteiger partial charge is 0.492 e. The lowest BCUT2D eigenvalue weighted by Gasteiger charge is -2.11. The maximum Gasteiger partial charge on any atom is 0.317 e. The van der Waals surface area contributed by atoms with Crippen molar-refractivity contribution in [2.24, 2.45) is 0 Å². The van der Waals surface area contributed by atoms with Gasteiger partial charge in [0.2, 0.25) is 5.88 Å². The first-order valence-corrected chi connectivity index (χ1v) is 5.79. The lowest BCUT2D eigenvalue weighted by molar-refractivity contribution is 0.121. The van der Waals surface area contributed by atoms with Crippen LogP contribution in [-0.2, 0) is 0 Å². The average molecular weight is 267 g/mol. The van der Waals surface area contributed by atoms with E-state index in [9.17, 15) is 15.3 Å². The predicted molar refractivity (Wildman–Crippen MR) is 62.4 cm³/mol. The van der Waals surface area contributed by atoms with E-state index in [0.29, 0.717) is 12.1 Å². The SMILES string of the molecule is OC[C@H]1N[C@@H](c2[nH]nc3c(O)nc(O)nc23)C[C@@H]1O. The molecule has 1 aliphatic rings. The topological polar surface area (TPSA) is 147 Å². The number of rotatable bonds is 2. The van der Waals surface area contributed by atoms with E-state index >= 15 is 0 Å². The second kappa shape index (κ2) is 4.30. The van der Waals surface area contributed by atoms with Crippen LogP contribution in [0.15, 0.2) is 0 Å². The lowest BCUT2D eigenvalue weighted by atomic mass is 10.1. The van der Waals surface area contributed by atoms with Gasteiger partial charge in [0.25, 0.3) is 0 Å². The van der Waals surface area contributed by atoms with Gasteiger partial charge < -0.3 is 25.7 Å². The van der Waals surface area contributed by atoms with Gasteiger partial charge in [-0.05, 0) is 6.42 Å². The summed E-state index contributed by atoms with van der Waals surface area (Å²) in [5.41, 5.74) is 0.961. The molecule has 0 amide bonds. The summed E-state index contributed by atoms with van der Waals surface area (Å²) in [5.74, 6) is -0.415. The van der Waals surface area contributed by atoms with Crippen molar-refractivity contribution in [3.05, 3.63) is 5.69 Å². The Bertz CT molecular complexity index is 615. The van der Waals surface area contributed by atoms with E-state index in [4.69, 9.17) is 5.11 Å². The van der Waals surface area contributed by atoms with Crippen LogP contribution in [-0.4, -0.2) is 59.3 Å². The standard InChI is InChI=1S/C10H13N5O4/c16-2-4-5(17)1-3(11-4)6-7-8(15-14-6)9(18)13-10(19)12-7/h3-5,11,16-17H,1-2H2,(H,14,15)(H2,12,13,18,19)/t3-,4-,5+/m1/s1. The minimum absolute atomic E-state index is 0.150. The number of aliphatic hydroxyl groups is 2. The monoisotopic (exact) mass is 267 g/mol. The summed E-state index contributed by atoms with van der Waals surface area (Å²) < 4.78 is 0. The molecule has 102 valence electrons. The fraction of sp³-hybridized carbons (Fsp3) is 0.500. The highest BCUT2D eigenvalue weighted by molar-refractivity contribution is 5.81. The normalized spacial score (nSPS) is 27.2. The molecule has 0 bridgehead atoms. The summed E-state index contributed by atoms with van der Waals surface area (Å²) in [6, 6.07) is -1.27. The highest BCUT2D eigenvalue weighted by Gasteiger charge is 2.35. The maximum atomic E-state index is 9.75. The van der Waals surface area contributed by atoms with Gasteiger partial charge in [0.15, 0.2) is 5.52 Å². The molecule has 0 aromatic carbocycles. The zero-order chi connectivity index (χ0) is 13.6. The van der Waals surface area contributed by atoms with Crippen molar-refractivity contribution in [1.82, 2.24) is 25.5 Å². The molecule has 1 saturated heterocycles. The number of fused-ring (bicyclic) bond motifs is 1. The summed E-state index contributed by atoms with van der Waals surface area (Å²) in [4.78, 5) is 7.22. The summed E-state index contributed by atoms with van der Waals surface area (Å²) >= 11 is 0. The second-order valence-electron chi connectivity index (χ2n) is 4.49. The van der Waals surface area contributed by atoms with Crippen LogP contribution < -0.4 is 5.32 Å². The van der Waals surface area contributed by atoms with Gasteiger partial charge >= 0.3 is 6.01 Å². The van der Waals surface area contributed by atoms with Crippen molar-refractivity contribution in [1.29, 1.82) is 0 Å². The first kappa shape index (κ1) is 12.1. The van der Waals surface area contributed by atoms with Crippen molar-refractivity contribution < 1.29 is 20.4 Å². The molecule has 19 heavy (non-hydrogen) atoms. The number of nitrogens with one attached hydrogen (secondary N) is 2. The number of H-pyrrole nitrogens is 1. The van der Waals surface area contributed by atoms with Gasteiger partial charge in [-0.3, -0.25) is 5.10 Å². The van der Waals surface area contributed by atoms with Crippen LogP contribution in [0.4, 0.5) is 0 Å². The van der Waals surface area contributed by atoms with E-state index in [1.54, 1.807) is 0 Å². The fourth-order valence-electron chi connectivity index (χ4n) is 2.35.